The molecule has 4 heteroatoms. The fourth-order valence-corrected chi connectivity index (χ4v) is 2.16. The van der Waals surface area contributed by atoms with Gasteiger partial charge in [-0.05, 0) is 41.5 Å². The van der Waals surface area contributed by atoms with Crippen LogP contribution in [0.2, 0.25) is 10.0 Å². The summed E-state index contributed by atoms with van der Waals surface area (Å²) in [6.07, 6.45) is 0. The predicted molar refractivity (Wildman–Crippen MR) is 68.9 cm³/mol. The van der Waals surface area contributed by atoms with Crippen LogP contribution in [0, 0.1) is 5.82 Å². The van der Waals surface area contributed by atoms with Gasteiger partial charge >= 0.3 is 0 Å². The van der Waals surface area contributed by atoms with E-state index in [1.807, 2.05) is 0 Å². The van der Waals surface area contributed by atoms with Gasteiger partial charge in [-0.15, -0.1) is 0 Å². The monoisotopic (exact) mass is 269 g/mol. The molecule has 0 aliphatic carbocycles. The molecule has 0 bridgehead atoms. The molecule has 17 heavy (non-hydrogen) atoms. The third kappa shape index (κ3) is 2.97. The van der Waals surface area contributed by atoms with E-state index in [1.165, 1.54) is 12.1 Å². The molecule has 2 rings (SSSR count). The Morgan fingerprint density at radius 2 is 1.41 bits per heavy atom. The maximum Gasteiger partial charge on any atom is 0.123 e. The van der Waals surface area contributed by atoms with Gasteiger partial charge in [-0.25, -0.2) is 4.39 Å². The Kier molecular flexibility index (Phi) is 3.67. The Morgan fingerprint density at radius 3 is 1.94 bits per heavy atom. The summed E-state index contributed by atoms with van der Waals surface area (Å²) in [4.78, 5) is 0. The SMILES string of the molecule is NC(c1ccc(F)cc1)c1cc(Cl)cc(Cl)c1. The molecule has 2 N–H and O–H groups in total. The summed E-state index contributed by atoms with van der Waals surface area (Å²) < 4.78 is 12.8. The van der Waals surface area contributed by atoms with Crippen LogP contribution in [0.15, 0.2) is 42.5 Å². The Bertz CT molecular complexity index is 505. The van der Waals surface area contributed by atoms with E-state index in [9.17, 15) is 4.39 Å². The number of benzene rings is 2. The number of hydrogen-bond donors (Lipinski definition) is 1. The maximum atomic E-state index is 12.8. The fourth-order valence-electron chi connectivity index (χ4n) is 1.62. The molecule has 0 aliphatic rings. The zero-order valence-electron chi connectivity index (χ0n) is 8.83. The van der Waals surface area contributed by atoms with E-state index in [0.29, 0.717) is 10.0 Å². The minimum atomic E-state index is -0.369. The normalized spacial score (nSPS) is 12.5. The maximum absolute atomic E-state index is 12.8. The minimum Gasteiger partial charge on any atom is -0.320 e. The van der Waals surface area contributed by atoms with E-state index in [2.05, 4.69) is 0 Å². The molecule has 88 valence electrons. The van der Waals surface area contributed by atoms with Gasteiger partial charge in [0.1, 0.15) is 5.82 Å². The van der Waals surface area contributed by atoms with Gasteiger partial charge in [0.15, 0.2) is 0 Å². The second-order valence-electron chi connectivity index (χ2n) is 3.73. The Hall–Kier alpha value is -1.09. The van der Waals surface area contributed by atoms with Crippen molar-refractivity contribution in [3.63, 3.8) is 0 Å². The molecule has 0 saturated heterocycles. The van der Waals surface area contributed by atoms with E-state index >= 15 is 0 Å². The number of halogens is 3. The van der Waals surface area contributed by atoms with Crippen molar-refractivity contribution < 1.29 is 4.39 Å². The lowest BCUT2D eigenvalue weighted by atomic mass is 10.00. The molecule has 0 heterocycles. The van der Waals surface area contributed by atoms with Crippen molar-refractivity contribution >= 4 is 23.2 Å². The molecule has 2 aromatic rings. The molecule has 0 saturated carbocycles. The first-order valence-electron chi connectivity index (χ1n) is 5.03. The summed E-state index contributed by atoms with van der Waals surface area (Å²) in [5.41, 5.74) is 7.67. The van der Waals surface area contributed by atoms with Crippen LogP contribution in [-0.2, 0) is 0 Å². The number of nitrogens with two attached hydrogens (primary N) is 1. The lowest BCUT2D eigenvalue weighted by Crippen LogP contribution is -2.11. The molecule has 0 aliphatic heterocycles. The molecule has 1 nitrogen and oxygen atoms in total. The number of hydrogen-bond acceptors (Lipinski definition) is 1. The second kappa shape index (κ2) is 5.05. The molecule has 0 amide bonds. The van der Waals surface area contributed by atoms with Crippen LogP contribution in [0.5, 0.6) is 0 Å². The van der Waals surface area contributed by atoms with E-state index in [-0.39, 0.29) is 11.9 Å². The summed E-state index contributed by atoms with van der Waals surface area (Å²) in [6, 6.07) is 10.8. The molecule has 0 radical (unpaired) electrons. The molecule has 2 aromatic carbocycles. The Labute approximate surface area is 109 Å². The van der Waals surface area contributed by atoms with Crippen LogP contribution < -0.4 is 5.73 Å². The van der Waals surface area contributed by atoms with Crippen LogP contribution in [0.1, 0.15) is 17.2 Å². The van der Waals surface area contributed by atoms with Gasteiger partial charge in [0.05, 0.1) is 6.04 Å². The van der Waals surface area contributed by atoms with Crippen molar-refractivity contribution in [1.29, 1.82) is 0 Å². The summed E-state index contributed by atoms with van der Waals surface area (Å²) in [5, 5.41) is 1.06. The van der Waals surface area contributed by atoms with Crippen molar-refractivity contribution in [2.24, 2.45) is 5.73 Å². The highest BCUT2D eigenvalue weighted by Crippen LogP contribution is 2.26. The van der Waals surface area contributed by atoms with Crippen LogP contribution >= 0.6 is 23.2 Å². The average Bonchev–Trinajstić information content (AvgIpc) is 2.28. The van der Waals surface area contributed by atoms with Gasteiger partial charge in [0.25, 0.3) is 0 Å². The third-order valence-corrected chi connectivity index (χ3v) is 2.91. The van der Waals surface area contributed by atoms with Gasteiger partial charge in [0, 0.05) is 10.0 Å². The van der Waals surface area contributed by atoms with E-state index < -0.39 is 0 Å². The standard InChI is InChI=1S/C13H10Cl2FN/c14-10-5-9(6-11(15)7-10)13(17)8-1-3-12(16)4-2-8/h1-7,13H,17H2. The molecule has 0 spiro atoms. The van der Waals surface area contributed by atoms with Gasteiger partial charge in [-0.3, -0.25) is 0 Å². The van der Waals surface area contributed by atoms with Crippen LogP contribution in [0.4, 0.5) is 4.39 Å². The highest BCUT2D eigenvalue weighted by Gasteiger charge is 2.10. The molecule has 0 aromatic heterocycles. The van der Waals surface area contributed by atoms with Crippen LogP contribution in [-0.4, -0.2) is 0 Å². The highest BCUT2D eigenvalue weighted by molar-refractivity contribution is 6.34. The quantitative estimate of drug-likeness (QED) is 0.870. The van der Waals surface area contributed by atoms with E-state index in [0.717, 1.165) is 11.1 Å². The summed E-state index contributed by atoms with van der Waals surface area (Å²) >= 11 is 11.8. The molecule has 0 fully saturated rings. The fraction of sp³-hybridized carbons (Fsp3) is 0.0769. The van der Waals surface area contributed by atoms with E-state index in [4.69, 9.17) is 28.9 Å². The lowest BCUT2D eigenvalue weighted by molar-refractivity contribution is 0.626. The summed E-state index contributed by atoms with van der Waals surface area (Å²) in [7, 11) is 0. The van der Waals surface area contributed by atoms with Gasteiger partial charge in [-0.1, -0.05) is 35.3 Å². The molecular formula is C13H10Cl2FN. The Balaban J connectivity index is 2.36. The number of rotatable bonds is 2. The molecular weight excluding hydrogens is 260 g/mol. The predicted octanol–water partition coefficient (Wildman–Crippen LogP) is 4.18. The van der Waals surface area contributed by atoms with Gasteiger partial charge in [0.2, 0.25) is 0 Å². The van der Waals surface area contributed by atoms with Crippen molar-refractivity contribution in [3.05, 3.63) is 69.5 Å². The lowest BCUT2D eigenvalue weighted by Gasteiger charge is -2.13. The highest BCUT2D eigenvalue weighted by atomic mass is 35.5. The van der Waals surface area contributed by atoms with Crippen molar-refractivity contribution in [2.45, 2.75) is 6.04 Å². The van der Waals surface area contributed by atoms with Gasteiger partial charge in [-0.2, -0.15) is 0 Å². The third-order valence-electron chi connectivity index (χ3n) is 2.47. The van der Waals surface area contributed by atoms with Crippen molar-refractivity contribution in [3.8, 4) is 0 Å². The van der Waals surface area contributed by atoms with Crippen LogP contribution in [0.3, 0.4) is 0 Å². The zero-order valence-corrected chi connectivity index (χ0v) is 10.3. The average molecular weight is 270 g/mol. The van der Waals surface area contributed by atoms with Crippen molar-refractivity contribution in [1.82, 2.24) is 0 Å². The summed E-state index contributed by atoms with van der Waals surface area (Å²) in [5.74, 6) is -0.287. The minimum absolute atomic E-state index is 0.287. The first-order chi connectivity index (χ1) is 8.06. The smallest absolute Gasteiger partial charge is 0.123 e. The second-order valence-corrected chi connectivity index (χ2v) is 4.60. The topological polar surface area (TPSA) is 26.0 Å². The first-order valence-corrected chi connectivity index (χ1v) is 5.79. The molecule has 1 atom stereocenters. The zero-order chi connectivity index (χ0) is 12.4. The van der Waals surface area contributed by atoms with Gasteiger partial charge < -0.3 is 5.73 Å². The molecule has 1 unspecified atom stereocenters. The first kappa shape index (κ1) is 12.4. The summed E-state index contributed by atoms with van der Waals surface area (Å²) in [6.45, 7) is 0. The Morgan fingerprint density at radius 1 is 0.882 bits per heavy atom. The van der Waals surface area contributed by atoms with Crippen LogP contribution in [0.25, 0.3) is 0 Å². The van der Waals surface area contributed by atoms with Crippen molar-refractivity contribution in [2.75, 3.05) is 0 Å². The largest absolute Gasteiger partial charge is 0.320 e. The van der Waals surface area contributed by atoms with E-state index in [1.54, 1.807) is 30.3 Å².